The number of rotatable bonds is 8. The molecule has 1 atom stereocenters. The fraction of sp³-hybridized carbons (Fsp3) is 0.750. The molecular weight excluding hydrogens is 266 g/mol. The summed E-state index contributed by atoms with van der Waals surface area (Å²) in [5.74, 6) is 1.03. The van der Waals surface area contributed by atoms with Gasteiger partial charge in [0.25, 0.3) is 0 Å². The summed E-state index contributed by atoms with van der Waals surface area (Å²) in [6, 6.07) is 0. The molecule has 6 nitrogen and oxygen atoms in total. The molecule has 7 heteroatoms. The number of nitrogens with zero attached hydrogens (tertiary/aromatic N) is 3. The van der Waals surface area contributed by atoms with Crippen molar-refractivity contribution in [3.05, 3.63) is 5.82 Å². The van der Waals surface area contributed by atoms with E-state index in [0.29, 0.717) is 23.6 Å². The summed E-state index contributed by atoms with van der Waals surface area (Å²) in [7, 11) is 1.69. The average molecular weight is 285 g/mol. The Balaban J connectivity index is 2.10. The predicted octanol–water partition coefficient (Wildman–Crippen LogP) is 1.61. The van der Waals surface area contributed by atoms with Crippen LogP contribution in [0.5, 0.6) is 0 Å². The molecular formula is C12H19N3O3S. The molecule has 0 aromatic carbocycles. The molecule has 0 saturated heterocycles. The highest BCUT2D eigenvalue weighted by Crippen LogP contribution is 2.40. The molecule has 106 valence electrons. The Morgan fingerprint density at radius 2 is 2.32 bits per heavy atom. The van der Waals surface area contributed by atoms with E-state index in [-0.39, 0.29) is 5.75 Å². The Bertz CT molecular complexity index is 445. The van der Waals surface area contributed by atoms with Gasteiger partial charge in [-0.1, -0.05) is 18.7 Å². The van der Waals surface area contributed by atoms with Gasteiger partial charge in [-0.3, -0.25) is 4.79 Å². The maximum absolute atomic E-state index is 10.7. The first-order chi connectivity index (χ1) is 9.11. The first-order valence-corrected chi connectivity index (χ1v) is 7.37. The van der Waals surface area contributed by atoms with Crippen LogP contribution in [0.1, 0.15) is 31.5 Å². The topological polar surface area (TPSA) is 77.2 Å². The zero-order valence-corrected chi connectivity index (χ0v) is 12.0. The SMILES string of the molecule is COCC(C)Cn1c(SCC(=O)O)nnc1C1CC1. The third-order valence-electron chi connectivity index (χ3n) is 2.96. The Hall–Kier alpha value is -1.08. The quantitative estimate of drug-likeness (QED) is 0.731. The van der Waals surface area contributed by atoms with E-state index in [1.807, 2.05) is 0 Å². The summed E-state index contributed by atoms with van der Waals surface area (Å²) in [6.07, 6.45) is 2.31. The van der Waals surface area contributed by atoms with Crippen molar-refractivity contribution >= 4 is 17.7 Å². The molecule has 1 aromatic rings. The lowest BCUT2D eigenvalue weighted by molar-refractivity contribution is -0.133. The molecule has 1 N–H and O–H groups in total. The van der Waals surface area contributed by atoms with Gasteiger partial charge in [-0.25, -0.2) is 0 Å². The van der Waals surface area contributed by atoms with Gasteiger partial charge in [0.05, 0.1) is 12.4 Å². The van der Waals surface area contributed by atoms with Crippen LogP contribution >= 0.6 is 11.8 Å². The summed E-state index contributed by atoms with van der Waals surface area (Å²) in [6.45, 7) is 3.55. The van der Waals surface area contributed by atoms with Gasteiger partial charge in [0.15, 0.2) is 5.16 Å². The fourth-order valence-electron chi connectivity index (χ4n) is 2.00. The number of hydrogen-bond acceptors (Lipinski definition) is 5. The number of carboxylic acid groups (broad SMARTS) is 1. The molecule has 1 heterocycles. The van der Waals surface area contributed by atoms with Crippen molar-refractivity contribution < 1.29 is 14.6 Å². The number of carboxylic acids is 1. The normalized spacial score (nSPS) is 16.5. The first-order valence-electron chi connectivity index (χ1n) is 6.38. The summed E-state index contributed by atoms with van der Waals surface area (Å²) in [5.41, 5.74) is 0. The molecule has 0 spiro atoms. The molecule has 1 fully saturated rings. The van der Waals surface area contributed by atoms with Crippen molar-refractivity contribution in [3.63, 3.8) is 0 Å². The molecule has 1 saturated carbocycles. The van der Waals surface area contributed by atoms with E-state index in [9.17, 15) is 4.79 Å². The lowest BCUT2D eigenvalue weighted by Gasteiger charge is -2.14. The molecule has 1 aromatic heterocycles. The van der Waals surface area contributed by atoms with Crippen LogP contribution in [0.15, 0.2) is 5.16 Å². The zero-order chi connectivity index (χ0) is 13.8. The van der Waals surface area contributed by atoms with Crippen molar-refractivity contribution in [3.8, 4) is 0 Å². The zero-order valence-electron chi connectivity index (χ0n) is 11.2. The molecule has 0 amide bonds. The standard InChI is InChI=1S/C12H19N3O3S/c1-8(6-18-2)5-15-11(9-3-4-9)13-14-12(15)19-7-10(16)17/h8-9H,3-7H2,1-2H3,(H,16,17). The predicted molar refractivity (Wildman–Crippen MR) is 71.4 cm³/mol. The van der Waals surface area contributed by atoms with E-state index in [1.54, 1.807) is 7.11 Å². The largest absolute Gasteiger partial charge is 0.481 e. The van der Waals surface area contributed by atoms with E-state index >= 15 is 0 Å². The van der Waals surface area contributed by atoms with Crippen LogP contribution in [0, 0.1) is 5.92 Å². The highest BCUT2D eigenvalue weighted by atomic mass is 32.2. The van der Waals surface area contributed by atoms with Gasteiger partial charge in [-0.15, -0.1) is 10.2 Å². The minimum absolute atomic E-state index is 0.0153. The Morgan fingerprint density at radius 3 is 2.89 bits per heavy atom. The van der Waals surface area contributed by atoms with E-state index in [2.05, 4.69) is 21.7 Å². The Morgan fingerprint density at radius 1 is 1.58 bits per heavy atom. The molecule has 2 rings (SSSR count). The highest BCUT2D eigenvalue weighted by molar-refractivity contribution is 7.99. The minimum atomic E-state index is -0.836. The molecule has 19 heavy (non-hydrogen) atoms. The lowest BCUT2D eigenvalue weighted by Crippen LogP contribution is -2.15. The van der Waals surface area contributed by atoms with Crippen molar-refractivity contribution in [2.24, 2.45) is 5.92 Å². The van der Waals surface area contributed by atoms with Gasteiger partial charge >= 0.3 is 5.97 Å². The van der Waals surface area contributed by atoms with Crippen LogP contribution < -0.4 is 0 Å². The van der Waals surface area contributed by atoms with Crippen molar-refractivity contribution in [1.29, 1.82) is 0 Å². The summed E-state index contributed by atoms with van der Waals surface area (Å²) in [5, 5.41) is 17.8. The van der Waals surface area contributed by atoms with Crippen molar-refractivity contribution in [2.45, 2.75) is 37.4 Å². The average Bonchev–Trinajstić information content (AvgIpc) is 3.11. The van der Waals surface area contributed by atoms with Crippen LogP contribution in [0.2, 0.25) is 0 Å². The van der Waals surface area contributed by atoms with Crippen LogP contribution in [-0.2, 0) is 16.1 Å². The number of carbonyl (C=O) groups is 1. The number of aliphatic carboxylic acids is 1. The summed E-state index contributed by atoms with van der Waals surface area (Å²) >= 11 is 1.23. The summed E-state index contributed by atoms with van der Waals surface area (Å²) in [4.78, 5) is 10.7. The van der Waals surface area contributed by atoms with E-state index in [4.69, 9.17) is 9.84 Å². The number of methoxy groups -OCH3 is 1. The van der Waals surface area contributed by atoms with Crippen LogP contribution in [-0.4, -0.2) is 45.3 Å². The maximum Gasteiger partial charge on any atom is 0.313 e. The smallest absolute Gasteiger partial charge is 0.313 e. The van der Waals surface area contributed by atoms with Gasteiger partial charge in [0.1, 0.15) is 5.82 Å². The lowest BCUT2D eigenvalue weighted by atomic mass is 10.2. The molecule has 0 bridgehead atoms. The van der Waals surface area contributed by atoms with E-state index in [1.165, 1.54) is 11.8 Å². The van der Waals surface area contributed by atoms with Gasteiger partial charge in [-0.2, -0.15) is 0 Å². The van der Waals surface area contributed by atoms with Crippen molar-refractivity contribution in [1.82, 2.24) is 14.8 Å². The summed E-state index contributed by atoms with van der Waals surface area (Å²) < 4.78 is 7.22. The molecule has 1 unspecified atom stereocenters. The van der Waals surface area contributed by atoms with Crippen molar-refractivity contribution in [2.75, 3.05) is 19.5 Å². The number of ether oxygens (including phenoxy) is 1. The Labute approximate surface area is 116 Å². The second-order valence-electron chi connectivity index (χ2n) is 4.97. The van der Waals surface area contributed by atoms with Crippen LogP contribution in [0.4, 0.5) is 0 Å². The fourth-order valence-corrected chi connectivity index (χ4v) is 2.67. The van der Waals surface area contributed by atoms with E-state index in [0.717, 1.165) is 25.2 Å². The Kier molecular flexibility index (Phi) is 4.81. The maximum atomic E-state index is 10.7. The second kappa shape index (κ2) is 6.38. The third kappa shape index (κ3) is 3.94. The van der Waals surface area contributed by atoms with Crippen LogP contribution in [0.3, 0.4) is 0 Å². The third-order valence-corrected chi connectivity index (χ3v) is 3.91. The minimum Gasteiger partial charge on any atom is -0.481 e. The van der Waals surface area contributed by atoms with Gasteiger partial charge in [-0.05, 0) is 18.8 Å². The molecule has 0 aliphatic heterocycles. The van der Waals surface area contributed by atoms with Crippen LogP contribution in [0.25, 0.3) is 0 Å². The molecule has 1 aliphatic carbocycles. The second-order valence-corrected chi connectivity index (χ2v) is 5.91. The molecule has 1 aliphatic rings. The first kappa shape index (κ1) is 14.3. The van der Waals surface area contributed by atoms with E-state index < -0.39 is 5.97 Å². The van der Waals surface area contributed by atoms with Gasteiger partial charge in [0.2, 0.25) is 0 Å². The number of aromatic nitrogens is 3. The number of thioether (sulfide) groups is 1. The number of hydrogen-bond donors (Lipinski definition) is 1. The van der Waals surface area contributed by atoms with Gasteiger partial charge in [0, 0.05) is 19.6 Å². The monoisotopic (exact) mass is 285 g/mol. The molecule has 0 radical (unpaired) electrons. The highest BCUT2D eigenvalue weighted by Gasteiger charge is 2.30. The van der Waals surface area contributed by atoms with Gasteiger partial charge < -0.3 is 14.4 Å².